The van der Waals surface area contributed by atoms with Gasteiger partial charge in [-0.2, -0.15) is 4.31 Å². The molecule has 0 atom stereocenters. The van der Waals surface area contributed by atoms with Gasteiger partial charge in [0.15, 0.2) is 0 Å². The van der Waals surface area contributed by atoms with E-state index in [-0.39, 0.29) is 34.0 Å². The number of benzene rings is 2. The molecule has 1 heterocycles. The highest BCUT2D eigenvalue weighted by atomic mass is 35.5. The van der Waals surface area contributed by atoms with Gasteiger partial charge in [-0.15, -0.1) is 0 Å². The fourth-order valence-electron chi connectivity index (χ4n) is 3.90. The third-order valence-electron chi connectivity index (χ3n) is 5.73. The van der Waals surface area contributed by atoms with Crippen LogP contribution in [0.1, 0.15) is 62.4 Å². The van der Waals surface area contributed by atoms with Crippen molar-refractivity contribution in [3.8, 4) is 5.75 Å². The smallest absolute Gasteiger partial charge is 0.252 e. The van der Waals surface area contributed by atoms with E-state index in [0.29, 0.717) is 13.1 Å². The van der Waals surface area contributed by atoms with Crippen molar-refractivity contribution in [3.63, 3.8) is 0 Å². The van der Waals surface area contributed by atoms with E-state index in [2.05, 4.69) is 26.1 Å². The Labute approximate surface area is 202 Å². The van der Waals surface area contributed by atoms with Gasteiger partial charge in [0.05, 0.1) is 22.0 Å². The molecule has 0 radical (unpaired) electrons. The highest BCUT2D eigenvalue weighted by Gasteiger charge is 2.26. The summed E-state index contributed by atoms with van der Waals surface area (Å²) in [4.78, 5) is 12.8. The van der Waals surface area contributed by atoms with Gasteiger partial charge in [-0.3, -0.25) is 4.79 Å². The van der Waals surface area contributed by atoms with Crippen LogP contribution < -0.4 is 10.1 Å². The molecule has 1 aliphatic heterocycles. The number of ether oxygens (including phenoxy) is 1. The summed E-state index contributed by atoms with van der Waals surface area (Å²) in [6.45, 7) is 7.89. The lowest BCUT2D eigenvalue weighted by Gasteiger charge is -2.22. The first-order valence-electron chi connectivity index (χ1n) is 11.4. The maximum atomic E-state index is 13.1. The number of hydrogen-bond acceptors (Lipinski definition) is 4. The minimum atomic E-state index is -3.67. The maximum Gasteiger partial charge on any atom is 0.252 e. The van der Waals surface area contributed by atoms with E-state index in [1.54, 1.807) is 0 Å². The Morgan fingerprint density at radius 2 is 1.73 bits per heavy atom. The Morgan fingerprint density at radius 1 is 1.06 bits per heavy atom. The van der Waals surface area contributed by atoms with Gasteiger partial charge in [0.25, 0.3) is 5.91 Å². The SMILES string of the molecule is CC(C)(C)c1ccccc1OCCNC(=O)c1cc(S(=O)(=O)N2CCCCCC2)ccc1Cl. The van der Waals surface area contributed by atoms with Gasteiger partial charge in [-0.1, -0.05) is 63.4 Å². The minimum Gasteiger partial charge on any atom is -0.491 e. The molecule has 0 spiro atoms. The number of nitrogens with one attached hydrogen (secondary N) is 1. The monoisotopic (exact) mass is 492 g/mol. The Bertz CT molecular complexity index is 1070. The molecule has 8 heteroatoms. The zero-order chi connectivity index (χ0) is 24.1. The van der Waals surface area contributed by atoms with Crippen LogP contribution >= 0.6 is 11.6 Å². The molecule has 1 saturated heterocycles. The zero-order valence-corrected chi connectivity index (χ0v) is 21.1. The number of halogens is 1. The molecular formula is C25H33ClN2O4S. The Kier molecular flexibility index (Phi) is 8.43. The average Bonchev–Trinajstić information content (AvgIpc) is 3.06. The van der Waals surface area contributed by atoms with Gasteiger partial charge in [0.2, 0.25) is 10.0 Å². The molecule has 0 aromatic heterocycles. The first kappa shape index (κ1) is 25.5. The summed E-state index contributed by atoms with van der Waals surface area (Å²) in [5.74, 6) is 0.350. The number of nitrogens with zero attached hydrogens (tertiary/aromatic N) is 1. The van der Waals surface area contributed by atoms with E-state index in [4.69, 9.17) is 16.3 Å². The molecule has 0 bridgehead atoms. The van der Waals surface area contributed by atoms with Crippen molar-refractivity contribution in [2.45, 2.75) is 56.8 Å². The first-order chi connectivity index (χ1) is 15.6. The molecule has 1 N–H and O–H groups in total. The third-order valence-corrected chi connectivity index (χ3v) is 7.95. The lowest BCUT2D eigenvalue weighted by molar-refractivity contribution is 0.0946. The maximum absolute atomic E-state index is 13.1. The highest BCUT2D eigenvalue weighted by Crippen LogP contribution is 2.31. The van der Waals surface area contributed by atoms with Crippen molar-refractivity contribution >= 4 is 27.5 Å². The highest BCUT2D eigenvalue weighted by molar-refractivity contribution is 7.89. The molecule has 180 valence electrons. The number of sulfonamides is 1. The van der Waals surface area contributed by atoms with Crippen LogP contribution in [0, 0.1) is 0 Å². The van der Waals surface area contributed by atoms with E-state index in [0.717, 1.165) is 37.0 Å². The average molecular weight is 493 g/mol. The largest absolute Gasteiger partial charge is 0.491 e. The summed E-state index contributed by atoms with van der Waals surface area (Å²) >= 11 is 6.23. The Hall–Kier alpha value is -2.09. The van der Waals surface area contributed by atoms with E-state index >= 15 is 0 Å². The van der Waals surface area contributed by atoms with Gasteiger partial charge in [0, 0.05) is 13.1 Å². The fourth-order valence-corrected chi connectivity index (χ4v) is 5.65. The van der Waals surface area contributed by atoms with Crippen LogP contribution in [0.2, 0.25) is 5.02 Å². The standard InChI is InChI=1S/C25H33ClN2O4S/c1-25(2,3)21-10-6-7-11-23(21)32-17-14-27-24(29)20-18-19(12-13-22(20)26)33(30,31)28-15-8-4-5-9-16-28/h6-7,10-13,18H,4-5,8-9,14-17H2,1-3H3,(H,27,29). The van der Waals surface area contributed by atoms with Crippen LogP contribution in [0.3, 0.4) is 0 Å². The molecular weight excluding hydrogens is 460 g/mol. The van der Waals surface area contributed by atoms with Crippen molar-refractivity contribution in [2.24, 2.45) is 0 Å². The van der Waals surface area contributed by atoms with Crippen LogP contribution in [-0.2, 0) is 15.4 Å². The summed E-state index contributed by atoms with van der Waals surface area (Å²) in [5, 5.41) is 2.99. The molecule has 0 unspecified atom stereocenters. The Balaban J connectivity index is 1.65. The topological polar surface area (TPSA) is 75.7 Å². The second kappa shape index (κ2) is 10.9. The molecule has 0 aliphatic carbocycles. The second-order valence-electron chi connectivity index (χ2n) is 9.31. The zero-order valence-electron chi connectivity index (χ0n) is 19.6. The van der Waals surface area contributed by atoms with Gasteiger partial charge in [0.1, 0.15) is 12.4 Å². The lowest BCUT2D eigenvalue weighted by atomic mass is 9.86. The molecule has 1 fully saturated rings. The minimum absolute atomic E-state index is 0.0628. The molecule has 1 amide bonds. The summed E-state index contributed by atoms with van der Waals surface area (Å²) in [7, 11) is -3.67. The van der Waals surface area contributed by atoms with Crippen LogP contribution in [0.15, 0.2) is 47.4 Å². The normalized spacial score (nSPS) is 15.6. The molecule has 6 nitrogen and oxygen atoms in total. The van der Waals surface area contributed by atoms with E-state index < -0.39 is 15.9 Å². The van der Waals surface area contributed by atoms with E-state index in [9.17, 15) is 13.2 Å². The van der Waals surface area contributed by atoms with E-state index in [1.807, 2.05) is 24.3 Å². The predicted molar refractivity (Wildman–Crippen MR) is 132 cm³/mol. The predicted octanol–water partition coefficient (Wildman–Crippen LogP) is 5.01. The van der Waals surface area contributed by atoms with Crippen molar-refractivity contribution in [3.05, 3.63) is 58.6 Å². The quantitative estimate of drug-likeness (QED) is 0.551. The number of amides is 1. The van der Waals surface area contributed by atoms with Crippen LogP contribution in [0.5, 0.6) is 5.75 Å². The molecule has 2 aromatic rings. The Morgan fingerprint density at radius 3 is 2.39 bits per heavy atom. The molecule has 2 aromatic carbocycles. The summed E-state index contributed by atoms with van der Waals surface area (Å²) in [5.41, 5.74) is 1.17. The van der Waals surface area contributed by atoms with Gasteiger partial charge in [-0.05, 0) is 48.1 Å². The van der Waals surface area contributed by atoms with Gasteiger partial charge in [-0.25, -0.2) is 8.42 Å². The summed E-state index contributed by atoms with van der Waals surface area (Å²) in [6.07, 6.45) is 3.75. The van der Waals surface area contributed by atoms with Crippen molar-refractivity contribution in [1.29, 1.82) is 0 Å². The van der Waals surface area contributed by atoms with Crippen molar-refractivity contribution in [2.75, 3.05) is 26.2 Å². The van der Waals surface area contributed by atoms with Crippen molar-refractivity contribution in [1.82, 2.24) is 9.62 Å². The number of hydrogen-bond donors (Lipinski definition) is 1. The number of rotatable bonds is 7. The van der Waals surface area contributed by atoms with Gasteiger partial charge < -0.3 is 10.1 Å². The van der Waals surface area contributed by atoms with E-state index in [1.165, 1.54) is 22.5 Å². The number of para-hydroxylation sites is 1. The summed E-state index contributed by atoms with van der Waals surface area (Å²) in [6, 6.07) is 12.1. The lowest BCUT2D eigenvalue weighted by Crippen LogP contribution is -2.32. The molecule has 3 rings (SSSR count). The molecule has 33 heavy (non-hydrogen) atoms. The second-order valence-corrected chi connectivity index (χ2v) is 11.7. The number of carbonyl (C=O) groups excluding carboxylic acids is 1. The first-order valence-corrected chi connectivity index (χ1v) is 13.2. The molecule has 1 aliphatic rings. The van der Waals surface area contributed by atoms with Crippen LogP contribution in [0.4, 0.5) is 0 Å². The van der Waals surface area contributed by atoms with Crippen molar-refractivity contribution < 1.29 is 17.9 Å². The number of carbonyl (C=O) groups is 1. The van der Waals surface area contributed by atoms with Gasteiger partial charge >= 0.3 is 0 Å². The fraction of sp³-hybridized carbons (Fsp3) is 0.480. The molecule has 0 saturated carbocycles. The van der Waals surface area contributed by atoms with Crippen LogP contribution in [-0.4, -0.2) is 44.9 Å². The summed E-state index contributed by atoms with van der Waals surface area (Å²) < 4.78 is 33.6. The third kappa shape index (κ3) is 6.49. The van der Waals surface area contributed by atoms with Crippen LogP contribution in [0.25, 0.3) is 0 Å².